The topological polar surface area (TPSA) is 72.2 Å². The normalized spacial score (nSPS) is 29.4. The molecule has 3 N–H and O–H groups in total. The molecular weight excluding hydrogens is 188 g/mol. The maximum atomic E-state index is 10.8. The number of hydrogen-bond acceptors (Lipinski definition) is 3. The molecule has 13 heavy (non-hydrogen) atoms. The summed E-state index contributed by atoms with van der Waals surface area (Å²) in [5, 5.41) is 0. The summed E-state index contributed by atoms with van der Waals surface area (Å²) in [4.78, 5) is 0. The summed E-state index contributed by atoms with van der Waals surface area (Å²) in [6, 6.07) is 0. The van der Waals surface area contributed by atoms with Crippen LogP contribution >= 0.6 is 0 Å². The van der Waals surface area contributed by atoms with E-state index in [1.807, 2.05) is 0 Å². The molecule has 0 saturated heterocycles. The van der Waals surface area contributed by atoms with Gasteiger partial charge in [0.1, 0.15) is 0 Å². The lowest BCUT2D eigenvalue weighted by Crippen LogP contribution is -2.32. The van der Waals surface area contributed by atoms with E-state index in [4.69, 9.17) is 5.73 Å². The summed E-state index contributed by atoms with van der Waals surface area (Å²) >= 11 is 0. The first-order chi connectivity index (χ1) is 6.03. The number of rotatable bonds is 4. The Balaban J connectivity index is 2.36. The third-order valence-electron chi connectivity index (χ3n) is 2.73. The van der Waals surface area contributed by atoms with Crippen LogP contribution in [0.2, 0.25) is 0 Å². The molecule has 2 unspecified atom stereocenters. The first-order valence-corrected chi connectivity index (χ1v) is 6.57. The van der Waals surface area contributed by atoms with Gasteiger partial charge in [-0.15, -0.1) is 0 Å². The van der Waals surface area contributed by atoms with Crippen LogP contribution in [0.3, 0.4) is 0 Å². The zero-order valence-corrected chi connectivity index (χ0v) is 8.81. The standard InChI is InChI=1S/C8H18N2O2S/c1-13(11,12)10-6-8-4-2-3-7(8)5-9/h7-8,10H,2-6,9H2,1H3. The summed E-state index contributed by atoms with van der Waals surface area (Å²) in [7, 11) is -3.03. The largest absolute Gasteiger partial charge is 0.330 e. The van der Waals surface area contributed by atoms with Gasteiger partial charge in [0.15, 0.2) is 0 Å². The van der Waals surface area contributed by atoms with Gasteiger partial charge < -0.3 is 5.73 Å². The van der Waals surface area contributed by atoms with Gasteiger partial charge in [-0.05, 0) is 31.2 Å². The zero-order chi connectivity index (χ0) is 9.90. The van der Waals surface area contributed by atoms with Crippen LogP contribution < -0.4 is 10.5 Å². The van der Waals surface area contributed by atoms with Crippen molar-refractivity contribution in [2.75, 3.05) is 19.3 Å². The third-order valence-corrected chi connectivity index (χ3v) is 3.42. The molecule has 0 aromatic rings. The van der Waals surface area contributed by atoms with E-state index in [9.17, 15) is 8.42 Å². The highest BCUT2D eigenvalue weighted by molar-refractivity contribution is 7.88. The van der Waals surface area contributed by atoms with Gasteiger partial charge in [0.2, 0.25) is 10.0 Å². The minimum Gasteiger partial charge on any atom is -0.330 e. The molecule has 0 amide bonds. The van der Waals surface area contributed by atoms with Crippen molar-refractivity contribution in [1.82, 2.24) is 4.72 Å². The molecule has 5 heteroatoms. The predicted molar refractivity (Wildman–Crippen MR) is 52.7 cm³/mol. The van der Waals surface area contributed by atoms with Gasteiger partial charge in [-0.25, -0.2) is 13.1 Å². The van der Waals surface area contributed by atoms with Gasteiger partial charge in [0.05, 0.1) is 6.26 Å². The van der Waals surface area contributed by atoms with Gasteiger partial charge in [-0.1, -0.05) is 6.42 Å². The fourth-order valence-electron chi connectivity index (χ4n) is 1.95. The van der Waals surface area contributed by atoms with Crippen molar-refractivity contribution >= 4 is 10.0 Å². The van der Waals surface area contributed by atoms with E-state index in [1.165, 1.54) is 12.7 Å². The Morgan fingerprint density at radius 1 is 1.38 bits per heavy atom. The Morgan fingerprint density at radius 3 is 2.54 bits per heavy atom. The summed E-state index contributed by atoms with van der Waals surface area (Å²) in [6.07, 6.45) is 4.62. The SMILES string of the molecule is CS(=O)(=O)NCC1CCCC1CN. The van der Waals surface area contributed by atoms with Crippen molar-refractivity contribution in [2.24, 2.45) is 17.6 Å². The van der Waals surface area contributed by atoms with E-state index >= 15 is 0 Å². The molecule has 0 spiro atoms. The Hall–Kier alpha value is -0.130. The van der Waals surface area contributed by atoms with Gasteiger partial charge in [0, 0.05) is 6.54 Å². The summed E-state index contributed by atoms with van der Waals surface area (Å²) < 4.78 is 24.2. The molecule has 1 aliphatic rings. The van der Waals surface area contributed by atoms with E-state index < -0.39 is 10.0 Å². The van der Waals surface area contributed by atoms with E-state index in [-0.39, 0.29) is 0 Å². The van der Waals surface area contributed by atoms with Crippen molar-refractivity contribution in [3.05, 3.63) is 0 Å². The quantitative estimate of drug-likeness (QED) is 0.675. The summed E-state index contributed by atoms with van der Waals surface area (Å²) in [6.45, 7) is 1.23. The second kappa shape index (κ2) is 4.39. The third kappa shape index (κ3) is 3.62. The molecule has 0 bridgehead atoms. The molecule has 2 atom stereocenters. The van der Waals surface area contributed by atoms with Crippen LogP contribution in [-0.4, -0.2) is 27.8 Å². The van der Waals surface area contributed by atoms with E-state index in [1.54, 1.807) is 0 Å². The van der Waals surface area contributed by atoms with Crippen LogP contribution in [-0.2, 0) is 10.0 Å². The van der Waals surface area contributed by atoms with E-state index in [0.717, 1.165) is 12.8 Å². The van der Waals surface area contributed by atoms with Crippen LogP contribution in [0.1, 0.15) is 19.3 Å². The van der Waals surface area contributed by atoms with E-state index in [0.29, 0.717) is 24.9 Å². The molecule has 0 heterocycles. The molecule has 0 aliphatic heterocycles. The smallest absolute Gasteiger partial charge is 0.208 e. The second-order valence-corrected chi connectivity index (χ2v) is 5.64. The molecule has 78 valence electrons. The minimum absolute atomic E-state index is 0.444. The molecule has 1 saturated carbocycles. The van der Waals surface area contributed by atoms with Crippen molar-refractivity contribution < 1.29 is 8.42 Å². The Morgan fingerprint density at radius 2 is 2.00 bits per heavy atom. The maximum absolute atomic E-state index is 10.8. The molecule has 0 aromatic heterocycles. The fraction of sp³-hybridized carbons (Fsp3) is 1.00. The predicted octanol–water partition coefficient (Wildman–Crippen LogP) is -0.0894. The lowest BCUT2D eigenvalue weighted by Gasteiger charge is -2.17. The first-order valence-electron chi connectivity index (χ1n) is 4.67. The van der Waals surface area contributed by atoms with Crippen LogP contribution in [0.15, 0.2) is 0 Å². The maximum Gasteiger partial charge on any atom is 0.208 e. The fourth-order valence-corrected chi connectivity index (χ4v) is 2.47. The first kappa shape index (κ1) is 10.9. The van der Waals surface area contributed by atoms with Crippen molar-refractivity contribution in [1.29, 1.82) is 0 Å². The molecule has 1 rings (SSSR count). The highest BCUT2D eigenvalue weighted by Crippen LogP contribution is 2.30. The molecule has 1 fully saturated rings. The number of nitrogens with one attached hydrogen (secondary N) is 1. The highest BCUT2D eigenvalue weighted by atomic mass is 32.2. The monoisotopic (exact) mass is 206 g/mol. The van der Waals surface area contributed by atoms with Gasteiger partial charge in [0.25, 0.3) is 0 Å². The number of nitrogens with two attached hydrogens (primary N) is 1. The van der Waals surface area contributed by atoms with Crippen LogP contribution in [0, 0.1) is 11.8 Å². The van der Waals surface area contributed by atoms with Crippen molar-refractivity contribution in [2.45, 2.75) is 19.3 Å². The Labute approximate surface area is 79.9 Å². The summed E-state index contributed by atoms with van der Waals surface area (Å²) in [5.41, 5.74) is 5.59. The average Bonchev–Trinajstić information content (AvgIpc) is 2.46. The minimum atomic E-state index is -3.03. The molecular formula is C8H18N2O2S. The lowest BCUT2D eigenvalue weighted by molar-refractivity contribution is 0.393. The van der Waals surface area contributed by atoms with Gasteiger partial charge in [-0.3, -0.25) is 0 Å². The van der Waals surface area contributed by atoms with Crippen molar-refractivity contribution in [3.63, 3.8) is 0 Å². The van der Waals surface area contributed by atoms with E-state index in [2.05, 4.69) is 4.72 Å². The average molecular weight is 206 g/mol. The van der Waals surface area contributed by atoms with Crippen molar-refractivity contribution in [3.8, 4) is 0 Å². The summed E-state index contributed by atoms with van der Waals surface area (Å²) in [5.74, 6) is 0.953. The number of hydrogen-bond donors (Lipinski definition) is 2. The highest BCUT2D eigenvalue weighted by Gasteiger charge is 2.26. The Kier molecular flexibility index (Phi) is 3.70. The number of sulfonamides is 1. The molecule has 0 aromatic carbocycles. The second-order valence-electron chi connectivity index (χ2n) is 3.81. The van der Waals surface area contributed by atoms with Gasteiger partial charge in [-0.2, -0.15) is 0 Å². The molecule has 1 aliphatic carbocycles. The lowest BCUT2D eigenvalue weighted by atomic mass is 9.97. The van der Waals surface area contributed by atoms with Crippen LogP contribution in [0.4, 0.5) is 0 Å². The van der Waals surface area contributed by atoms with Crippen LogP contribution in [0.25, 0.3) is 0 Å². The zero-order valence-electron chi connectivity index (χ0n) is 7.99. The van der Waals surface area contributed by atoms with Gasteiger partial charge >= 0.3 is 0 Å². The van der Waals surface area contributed by atoms with Crippen LogP contribution in [0.5, 0.6) is 0 Å². The molecule has 0 radical (unpaired) electrons. The molecule has 4 nitrogen and oxygen atoms in total. The Bertz CT molecular complexity index is 251.